The number of pyridine rings is 1. The van der Waals surface area contributed by atoms with Crippen molar-refractivity contribution in [3.8, 4) is 89.1 Å². The van der Waals surface area contributed by atoms with E-state index in [4.69, 9.17) is 9.36 Å². The minimum atomic E-state index is -0.109. The van der Waals surface area contributed by atoms with Crippen molar-refractivity contribution in [2.24, 2.45) is 0 Å². The Hall–Kier alpha value is -7.20. The van der Waals surface area contributed by atoms with E-state index in [1.807, 2.05) is 0 Å². The summed E-state index contributed by atoms with van der Waals surface area (Å²) >= 11 is 1.66. The number of aromatic nitrogens is 2. The minimum absolute atomic E-state index is 0.0465. The van der Waals surface area contributed by atoms with Gasteiger partial charge < -0.3 is 0 Å². The molecule has 3 heteroatoms. The Labute approximate surface area is 664 Å². The van der Waals surface area contributed by atoms with Gasteiger partial charge in [-0.15, -0.1) is 0 Å². The van der Waals surface area contributed by atoms with E-state index in [-0.39, 0.29) is 21.7 Å². The number of hydrogen-bond acceptors (Lipinski definition) is 3. The average Bonchev–Trinajstić information content (AvgIpc) is 1.57. The Balaban J connectivity index is 0.841. The molecule has 0 atom stereocenters. The molecule has 0 N–H and O–H groups in total. The summed E-state index contributed by atoms with van der Waals surface area (Å²) in [5.41, 5.74) is 34.3. The molecule has 109 heavy (non-hydrogen) atoms. The van der Waals surface area contributed by atoms with Crippen molar-refractivity contribution in [1.82, 2.24) is 9.36 Å². The Kier molecular flexibility index (Phi) is 26.3. The van der Waals surface area contributed by atoms with Gasteiger partial charge >= 0.3 is 0 Å². The van der Waals surface area contributed by atoms with E-state index < -0.39 is 0 Å². The molecule has 4 aliphatic rings. The smallest absolute Gasteiger partial charge is 0.0805 e. The Morgan fingerprint density at radius 2 is 0.477 bits per heavy atom. The fraction of sp³-hybridized carbons (Fsp3) is 0.491. The molecule has 2 aromatic heterocycles. The molecule has 0 unspecified atom stereocenters. The first kappa shape index (κ1) is 78.5. The van der Waals surface area contributed by atoms with Crippen LogP contribution in [0.4, 0.5) is 0 Å². The lowest BCUT2D eigenvalue weighted by molar-refractivity contribution is 0.401. The lowest BCUT2D eigenvalue weighted by Gasteiger charge is -2.34. The molecule has 0 fully saturated rings. The topological polar surface area (TPSA) is 25.8 Å². The normalized spacial score (nSPS) is 14.7. The maximum atomic E-state index is 5.70. The zero-order chi connectivity index (χ0) is 75.2. The Morgan fingerprint density at radius 3 is 0.780 bits per heavy atom. The monoisotopic (exact) mass is 1470 g/mol. The highest BCUT2D eigenvalue weighted by Gasteiger charge is 2.47. The van der Waals surface area contributed by atoms with E-state index in [2.05, 4.69) is 226 Å². The van der Waals surface area contributed by atoms with Crippen LogP contribution in [0.25, 0.3) is 99.2 Å². The van der Waals surface area contributed by atoms with Crippen LogP contribution in [-0.4, -0.2) is 9.36 Å². The third-order valence-corrected chi connectivity index (χ3v) is 28.4. The summed E-state index contributed by atoms with van der Waals surface area (Å²) in [5, 5.41) is 1.17. The predicted octanol–water partition coefficient (Wildman–Crippen LogP) is 33.2. The van der Waals surface area contributed by atoms with Crippen LogP contribution < -0.4 is 0 Å². The van der Waals surface area contributed by atoms with Crippen LogP contribution in [0.3, 0.4) is 0 Å². The maximum absolute atomic E-state index is 5.70. The highest BCUT2D eigenvalue weighted by atomic mass is 32.1. The van der Waals surface area contributed by atoms with Gasteiger partial charge in [-0.1, -0.05) is 382 Å². The molecule has 14 rings (SSSR count). The highest BCUT2D eigenvalue weighted by Crippen LogP contribution is 2.61. The van der Waals surface area contributed by atoms with Gasteiger partial charge in [0.25, 0.3) is 0 Å². The van der Waals surface area contributed by atoms with Gasteiger partial charge in [0.2, 0.25) is 0 Å². The molecule has 0 amide bonds. The summed E-state index contributed by atoms with van der Waals surface area (Å²) in [6.07, 6.45) is 54.8. The first-order valence-corrected chi connectivity index (χ1v) is 45.8. The van der Waals surface area contributed by atoms with E-state index in [0.29, 0.717) is 0 Å². The van der Waals surface area contributed by atoms with Crippen molar-refractivity contribution in [3.05, 3.63) is 215 Å². The summed E-state index contributed by atoms with van der Waals surface area (Å²) in [7, 11) is 0. The number of rotatable bonds is 44. The van der Waals surface area contributed by atoms with Gasteiger partial charge in [0.15, 0.2) is 0 Å². The summed E-state index contributed by atoms with van der Waals surface area (Å²) in [4.78, 5) is 5.70. The van der Waals surface area contributed by atoms with E-state index in [1.165, 1.54) is 349 Å². The zero-order valence-corrected chi connectivity index (χ0v) is 69.6. The van der Waals surface area contributed by atoms with Crippen molar-refractivity contribution >= 4 is 21.6 Å². The lowest BCUT2D eigenvalue weighted by Crippen LogP contribution is -2.26. The van der Waals surface area contributed by atoms with E-state index in [1.54, 1.807) is 44.9 Å². The highest BCUT2D eigenvalue weighted by molar-refractivity contribution is 7.14. The Morgan fingerprint density at radius 1 is 0.229 bits per heavy atom. The van der Waals surface area contributed by atoms with Crippen LogP contribution in [0.15, 0.2) is 170 Å². The van der Waals surface area contributed by atoms with E-state index in [9.17, 15) is 0 Å². The lowest BCUT2D eigenvalue weighted by atomic mass is 9.69. The van der Waals surface area contributed by atoms with Crippen molar-refractivity contribution < 1.29 is 0 Å². The summed E-state index contributed by atoms with van der Waals surface area (Å²) < 4.78 is 6.37. The van der Waals surface area contributed by atoms with Crippen LogP contribution >= 0.6 is 11.5 Å². The third kappa shape index (κ3) is 15.5. The van der Waals surface area contributed by atoms with Crippen molar-refractivity contribution in [2.45, 2.75) is 334 Å². The largest absolute Gasteiger partial charge is 0.255 e. The van der Waals surface area contributed by atoms with Crippen LogP contribution in [-0.2, 0) is 21.7 Å². The fourth-order valence-electron chi connectivity index (χ4n) is 21.7. The van der Waals surface area contributed by atoms with Crippen molar-refractivity contribution in [2.75, 3.05) is 0 Å². The molecule has 572 valence electrons. The molecular formula is C106H132N2S. The Bertz CT molecular complexity index is 4340. The van der Waals surface area contributed by atoms with E-state index in [0.717, 1.165) is 18.5 Å². The standard InChI is InChI=1S/C106H132N2S/c1-9-17-25-37-61-103(62-38-26-18-10-2)93-47-35-33-45-83(93)85-55-49-77(69-95(85)103)79-51-57-87-89-59-53-81(73-99(89)105(97(87)71-79,65-41-29-21-13-5)66-42-30-22-14-6)91-75-107-101(92-76-108-109-102(91)92)82-54-60-90-88-58-52-80(72-98(88)106(100(90)74-82,67-43-31-23-15-7)68-44-32-24-16-8)78-50-56-86-84-46-34-36-48-94(84)104(96(86)70-78,63-39-27-19-11-3)64-40-28-20-12-4/h33-36,45-60,69-76H,9-32,37-44,61-68H2,1-8H3. The first-order chi connectivity index (χ1) is 53.7. The van der Waals surface area contributed by atoms with Gasteiger partial charge in [0.1, 0.15) is 0 Å². The second kappa shape index (κ2) is 36.5. The molecule has 0 aliphatic heterocycles. The van der Waals surface area contributed by atoms with Gasteiger partial charge in [-0.25, -0.2) is 0 Å². The molecular weight excluding hydrogens is 1330 g/mol. The molecule has 0 spiro atoms. The average molecular weight is 1470 g/mol. The van der Waals surface area contributed by atoms with Crippen molar-refractivity contribution in [3.63, 3.8) is 0 Å². The number of fused-ring (bicyclic) bond motifs is 13. The predicted molar refractivity (Wildman–Crippen MR) is 474 cm³/mol. The number of nitrogens with zero attached hydrogens (tertiary/aromatic N) is 2. The quantitative estimate of drug-likeness (QED) is 0.0356. The van der Waals surface area contributed by atoms with Crippen LogP contribution in [0, 0.1) is 0 Å². The number of benzene rings is 8. The molecule has 10 aromatic rings. The number of unbranched alkanes of at least 4 members (excludes halogenated alkanes) is 24. The van der Waals surface area contributed by atoms with E-state index >= 15 is 0 Å². The van der Waals surface area contributed by atoms with Gasteiger partial charge in [-0.05, 0) is 216 Å². The zero-order valence-electron chi connectivity index (χ0n) is 68.8. The molecule has 2 nitrogen and oxygen atoms in total. The molecule has 0 saturated carbocycles. The van der Waals surface area contributed by atoms with Gasteiger partial charge in [0.05, 0.1) is 16.6 Å². The minimum Gasteiger partial charge on any atom is -0.255 e. The fourth-order valence-corrected chi connectivity index (χ4v) is 22.5. The number of hydrogen-bond donors (Lipinski definition) is 0. The van der Waals surface area contributed by atoms with Gasteiger partial charge in [-0.3, -0.25) is 4.98 Å². The molecule has 0 bridgehead atoms. The van der Waals surface area contributed by atoms with Gasteiger partial charge in [0, 0.05) is 44.4 Å². The van der Waals surface area contributed by atoms with Gasteiger partial charge in [-0.2, -0.15) is 4.37 Å². The molecule has 0 radical (unpaired) electrons. The second-order valence-electron chi connectivity index (χ2n) is 34.6. The second-order valence-corrected chi connectivity index (χ2v) is 35.4. The third-order valence-electron chi connectivity index (χ3n) is 27.6. The molecule has 4 aliphatic carbocycles. The van der Waals surface area contributed by atoms with Crippen LogP contribution in [0.2, 0.25) is 0 Å². The van der Waals surface area contributed by atoms with Crippen LogP contribution in [0.5, 0.6) is 0 Å². The van der Waals surface area contributed by atoms with Crippen LogP contribution in [0.1, 0.15) is 357 Å². The molecule has 2 heterocycles. The van der Waals surface area contributed by atoms with Crippen molar-refractivity contribution in [1.29, 1.82) is 0 Å². The maximum Gasteiger partial charge on any atom is 0.0805 e. The summed E-state index contributed by atoms with van der Waals surface area (Å²) in [6, 6.07) is 65.2. The first-order valence-electron chi connectivity index (χ1n) is 45.0. The summed E-state index contributed by atoms with van der Waals surface area (Å²) in [5.74, 6) is 0. The molecule has 8 aromatic carbocycles. The molecule has 0 saturated heterocycles. The SMILES string of the molecule is CCCCCCC1(CCCCCC)c2ccccc2-c2ccc(-c3ccc4c(c3)C(CCCCCC)(CCCCCC)c3cc(-c5ncc(-c6ccc7c(c6)C(CCCCCC)(CCCCCC)c6cc(-c8ccc9c(c8)C(CCCCCC)(CCCCCC)c8ccccc8-9)ccc6-7)c6sncc56)ccc3-4)cc21. The summed E-state index contributed by atoms with van der Waals surface area (Å²) in [6.45, 7) is 18.9.